The highest BCUT2D eigenvalue weighted by Crippen LogP contribution is 2.48. The molecule has 0 aromatic heterocycles. The highest BCUT2D eigenvalue weighted by molar-refractivity contribution is 7.89. The van der Waals surface area contributed by atoms with Crippen molar-refractivity contribution in [2.45, 2.75) is 48.3 Å². The van der Waals surface area contributed by atoms with Gasteiger partial charge < -0.3 is 5.11 Å². The molecule has 2 aliphatic rings. The first-order chi connectivity index (χ1) is 12.3. The number of halogens is 2. The van der Waals surface area contributed by atoms with Gasteiger partial charge in [0, 0.05) is 17.6 Å². The van der Waals surface area contributed by atoms with Gasteiger partial charge in [0.1, 0.15) is 16.5 Å². The minimum atomic E-state index is -4.02. The van der Waals surface area contributed by atoms with Crippen LogP contribution in [0.1, 0.15) is 31.2 Å². The average Bonchev–Trinajstić information content (AvgIpc) is 2.89. The molecule has 1 N–H and O–H groups in total. The fourth-order valence-electron chi connectivity index (χ4n) is 4.40. The molecule has 0 spiro atoms. The van der Waals surface area contributed by atoms with Gasteiger partial charge in [-0.1, -0.05) is 30.3 Å². The van der Waals surface area contributed by atoms with Gasteiger partial charge in [-0.2, -0.15) is 4.31 Å². The molecule has 2 aliphatic heterocycles. The molecule has 0 radical (unpaired) electrons. The topological polar surface area (TPSA) is 57.6 Å². The van der Waals surface area contributed by atoms with Crippen molar-refractivity contribution in [3.63, 3.8) is 0 Å². The summed E-state index contributed by atoms with van der Waals surface area (Å²) in [5.74, 6) is -1.29. The Labute approximate surface area is 151 Å². The van der Waals surface area contributed by atoms with Crippen molar-refractivity contribution in [1.29, 1.82) is 0 Å². The van der Waals surface area contributed by atoms with Crippen LogP contribution in [-0.4, -0.2) is 29.9 Å². The second-order valence-electron chi connectivity index (χ2n) is 7.07. The van der Waals surface area contributed by atoms with Crippen molar-refractivity contribution >= 4 is 10.0 Å². The van der Waals surface area contributed by atoms with Crippen molar-refractivity contribution in [3.05, 3.63) is 65.7 Å². The lowest BCUT2D eigenvalue weighted by Gasteiger charge is -2.43. The van der Waals surface area contributed by atoms with Crippen molar-refractivity contribution in [3.8, 4) is 0 Å². The van der Waals surface area contributed by atoms with E-state index in [0.29, 0.717) is 12.8 Å². The Morgan fingerprint density at radius 1 is 0.923 bits per heavy atom. The fraction of sp³-hybridized carbons (Fsp3) is 0.368. The molecule has 2 fully saturated rings. The van der Waals surface area contributed by atoms with Crippen LogP contribution in [0.25, 0.3) is 0 Å². The lowest BCUT2D eigenvalue weighted by Crippen LogP contribution is -2.52. The van der Waals surface area contributed by atoms with E-state index in [4.69, 9.17) is 0 Å². The molecule has 0 unspecified atom stereocenters. The molecule has 2 bridgehead atoms. The summed E-state index contributed by atoms with van der Waals surface area (Å²) < 4.78 is 55.6. The predicted molar refractivity (Wildman–Crippen MR) is 91.8 cm³/mol. The second kappa shape index (κ2) is 6.11. The standard InChI is InChI=1S/C19H19F2NO3S/c20-16-6-2-1-5-15(16)19(23)11-13-9-10-14(12-19)22(13)26(24,25)18-8-4-3-7-17(18)21/h1-8,13-14,23H,9-12H2/t13-,14-/m0/s1. The smallest absolute Gasteiger partial charge is 0.246 e. The van der Waals surface area contributed by atoms with Crippen LogP contribution in [0.15, 0.2) is 53.4 Å². The van der Waals surface area contributed by atoms with Crippen molar-refractivity contribution < 1.29 is 22.3 Å². The van der Waals surface area contributed by atoms with E-state index in [0.717, 1.165) is 6.07 Å². The lowest BCUT2D eigenvalue weighted by atomic mass is 9.81. The minimum absolute atomic E-state index is 0.0954. The van der Waals surface area contributed by atoms with Crippen molar-refractivity contribution in [2.24, 2.45) is 0 Å². The van der Waals surface area contributed by atoms with E-state index in [2.05, 4.69) is 0 Å². The van der Waals surface area contributed by atoms with Crippen LogP contribution in [0.2, 0.25) is 0 Å². The number of nitrogens with zero attached hydrogens (tertiary/aromatic N) is 1. The molecule has 2 aromatic rings. The number of benzene rings is 2. The van der Waals surface area contributed by atoms with Gasteiger partial charge >= 0.3 is 0 Å². The third-order valence-electron chi connectivity index (χ3n) is 5.47. The number of hydrogen-bond donors (Lipinski definition) is 1. The zero-order valence-electron chi connectivity index (χ0n) is 14.0. The van der Waals surface area contributed by atoms with E-state index in [-0.39, 0.29) is 23.3 Å². The number of aliphatic hydroxyl groups is 1. The molecular weight excluding hydrogens is 360 g/mol. The van der Waals surface area contributed by atoms with Gasteiger partial charge in [0.15, 0.2) is 0 Å². The SMILES string of the molecule is O=S(=O)(c1ccccc1F)N1[C@H]2CC[C@H]1CC(O)(c1ccccc1F)C2. The largest absolute Gasteiger partial charge is 0.385 e. The molecule has 26 heavy (non-hydrogen) atoms. The normalized spacial score (nSPS) is 29.0. The zero-order chi connectivity index (χ0) is 18.5. The van der Waals surface area contributed by atoms with Gasteiger partial charge in [-0.3, -0.25) is 0 Å². The summed E-state index contributed by atoms with van der Waals surface area (Å²) in [6.07, 6.45) is 1.32. The van der Waals surface area contributed by atoms with E-state index in [1.54, 1.807) is 12.1 Å². The molecule has 4 nitrogen and oxygen atoms in total. The monoisotopic (exact) mass is 379 g/mol. The Morgan fingerprint density at radius 3 is 2.04 bits per heavy atom. The maximum absolute atomic E-state index is 14.2. The number of sulfonamides is 1. The number of rotatable bonds is 3. The van der Waals surface area contributed by atoms with Gasteiger partial charge in [0.2, 0.25) is 10.0 Å². The minimum Gasteiger partial charge on any atom is -0.385 e. The zero-order valence-corrected chi connectivity index (χ0v) is 14.8. The van der Waals surface area contributed by atoms with Crippen LogP contribution >= 0.6 is 0 Å². The molecule has 2 atom stereocenters. The van der Waals surface area contributed by atoms with Crippen LogP contribution in [0.4, 0.5) is 8.78 Å². The quantitative estimate of drug-likeness (QED) is 0.891. The van der Waals surface area contributed by atoms with E-state index in [9.17, 15) is 22.3 Å². The first-order valence-electron chi connectivity index (χ1n) is 8.58. The summed E-state index contributed by atoms with van der Waals surface area (Å²) in [7, 11) is -4.02. The summed E-state index contributed by atoms with van der Waals surface area (Å²) in [6, 6.07) is 10.4. The van der Waals surface area contributed by atoms with Gasteiger partial charge in [0.05, 0.1) is 5.60 Å². The van der Waals surface area contributed by atoms with Gasteiger partial charge in [-0.25, -0.2) is 17.2 Å². The summed E-state index contributed by atoms with van der Waals surface area (Å²) in [4.78, 5) is -0.353. The second-order valence-corrected chi connectivity index (χ2v) is 8.88. The summed E-state index contributed by atoms with van der Waals surface area (Å²) in [5.41, 5.74) is -1.22. The molecule has 7 heteroatoms. The average molecular weight is 379 g/mol. The van der Waals surface area contributed by atoms with Crippen LogP contribution in [0.3, 0.4) is 0 Å². The Bertz CT molecular complexity index is 933. The molecule has 0 amide bonds. The first kappa shape index (κ1) is 17.6. The van der Waals surface area contributed by atoms with Crippen molar-refractivity contribution in [2.75, 3.05) is 0 Å². The maximum Gasteiger partial charge on any atom is 0.246 e. The molecule has 2 saturated heterocycles. The maximum atomic E-state index is 14.2. The van der Waals surface area contributed by atoms with Crippen LogP contribution < -0.4 is 0 Å². The molecule has 2 heterocycles. The third-order valence-corrected chi connectivity index (χ3v) is 7.51. The van der Waals surface area contributed by atoms with Crippen LogP contribution in [0, 0.1) is 11.6 Å². The van der Waals surface area contributed by atoms with E-state index in [1.807, 2.05) is 0 Å². The molecular formula is C19H19F2NO3S. The third kappa shape index (κ3) is 2.66. The molecule has 2 aromatic carbocycles. The summed E-state index contributed by atoms with van der Waals surface area (Å²) in [5, 5.41) is 11.1. The molecule has 138 valence electrons. The Hall–Kier alpha value is -1.83. The summed E-state index contributed by atoms with van der Waals surface area (Å²) >= 11 is 0. The van der Waals surface area contributed by atoms with Crippen LogP contribution in [0.5, 0.6) is 0 Å². The number of fused-ring (bicyclic) bond motifs is 2. The highest BCUT2D eigenvalue weighted by Gasteiger charge is 2.53. The number of hydrogen-bond acceptors (Lipinski definition) is 3. The predicted octanol–water partition coefficient (Wildman–Crippen LogP) is 3.17. The summed E-state index contributed by atoms with van der Waals surface area (Å²) in [6.45, 7) is 0. The van der Waals surface area contributed by atoms with E-state index >= 15 is 0 Å². The fourth-order valence-corrected chi connectivity index (χ4v) is 6.34. The van der Waals surface area contributed by atoms with Crippen LogP contribution in [-0.2, 0) is 15.6 Å². The lowest BCUT2D eigenvalue weighted by molar-refractivity contribution is -0.0365. The number of piperidine rings is 1. The Balaban J connectivity index is 1.70. The van der Waals surface area contributed by atoms with E-state index in [1.165, 1.54) is 34.6 Å². The van der Waals surface area contributed by atoms with Gasteiger partial charge in [-0.05, 0) is 43.9 Å². The molecule has 0 aliphatic carbocycles. The Kier molecular flexibility index (Phi) is 4.13. The molecule has 0 saturated carbocycles. The van der Waals surface area contributed by atoms with Gasteiger partial charge in [-0.15, -0.1) is 0 Å². The van der Waals surface area contributed by atoms with E-state index < -0.39 is 39.3 Å². The van der Waals surface area contributed by atoms with Crippen molar-refractivity contribution in [1.82, 2.24) is 4.31 Å². The Morgan fingerprint density at radius 2 is 1.46 bits per heavy atom. The highest BCUT2D eigenvalue weighted by atomic mass is 32.2. The molecule has 4 rings (SSSR count). The first-order valence-corrected chi connectivity index (χ1v) is 10.0. The van der Waals surface area contributed by atoms with Gasteiger partial charge in [0.25, 0.3) is 0 Å².